The molecule has 0 spiro atoms. The van der Waals surface area contributed by atoms with E-state index < -0.39 is 12.0 Å². The maximum atomic E-state index is 14.6. The number of unbranched alkanes of at least 4 members (excludes halogenated alkanes) is 3. The van der Waals surface area contributed by atoms with E-state index in [0.717, 1.165) is 63.2 Å². The average Bonchev–Trinajstić information content (AvgIpc) is 2.79. The minimum Gasteiger partial charge on any atom is -0.378 e. The minimum atomic E-state index is -1.36. The molecule has 0 amide bonds. The van der Waals surface area contributed by atoms with Gasteiger partial charge >= 0.3 is 0 Å². The zero-order valence-corrected chi connectivity index (χ0v) is 22.0. The number of ether oxygens (including phenoxy) is 1. The molecule has 2 heterocycles. The Labute approximate surface area is 213 Å². The van der Waals surface area contributed by atoms with E-state index in [1.807, 2.05) is 0 Å². The van der Waals surface area contributed by atoms with Crippen molar-refractivity contribution < 1.29 is 13.5 Å². The topological polar surface area (TPSA) is 50.3 Å². The third-order valence-corrected chi connectivity index (χ3v) is 6.83. The Morgan fingerprint density at radius 1 is 1.14 bits per heavy atom. The molecule has 1 saturated heterocycles. The Hall–Kier alpha value is -1.83. The van der Waals surface area contributed by atoms with Crippen molar-refractivity contribution in [2.24, 2.45) is 0 Å². The largest absolute Gasteiger partial charge is 0.378 e. The van der Waals surface area contributed by atoms with Crippen molar-refractivity contribution in [2.75, 3.05) is 31.6 Å². The van der Waals surface area contributed by atoms with Gasteiger partial charge in [0.25, 0.3) is 0 Å². The maximum Gasteiger partial charge on any atom is 0.224 e. The zero-order valence-electron chi connectivity index (χ0n) is 21.3. The van der Waals surface area contributed by atoms with Crippen LogP contribution in [0, 0.1) is 5.82 Å². The number of hydrogen-bond donors (Lipinski definition) is 1. The molecule has 0 radical (unpaired) electrons. The Kier molecular flexibility index (Phi) is 11.1. The van der Waals surface area contributed by atoms with Gasteiger partial charge < -0.3 is 10.1 Å². The molecule has 1 aromatic heterocycles. The van der Waals surface area contributed by atoms with Gasteiger partial charge in [0.05, 0.1) is 24.9 Å². The third-order valence-electron chi connectivity index (χ3n) is 6.66. The number of hydrogen-bond acceptors (Lipinski definition) is 5. The van der Waals surface area contributed by atoms with Crippen LogP contribution in [0.1, 0.15) is 81.4 Å². The Morgan fingerprint density at radius 2 is 1.91 bits per heavy atom. The van der Waals surface area contributed by atoms with Crippen LogP contribution in [0.15, 0.2) is 18.2 Å². The number of rotatable bonds is 15. The van der Waals surface area contributed by atoms with E-state index >= 15 is 0 Å². The van der Waals surface area contributed by atoms with E-state index in [1.165, 1.54) is 32.3 Å². The molecule has 0 bridgehead atoms. The molecule has 1 aliphatic heterocycles. The van der Waals surface area contributed by atoms with E-state index in [1.54, 1.807) is 12.1 Å². The molecular formula is C27H39ClF2N4O. The molecule has 0 aliphatic carbocycles. The van der Waals surface area contributed by atoms with Crippen LogP contribution in [0.25, 0.3) is 0 Å². The molecular weight excluding hydrogens is 470 g/mol. The number of halogens is 3. The number of nitrogens with zero attached hydrogens (tertiary/aromatic N) is 3. The van der Waals surface area contributed by atoms with Gasteiger partial charge in [0, 0.05) is 23.2 Å². The van der Waals surface area contributed by atoms with Crippen LogP contribution in [0.4, 0.5) is 14.6 Å². The lowest BCUT2D eigenvalue weighted by Crippen LogP contribution is -2.49. The molecule has 1 aromatic carbocycles. The van der Waals surface area contributed by atoms with Crippen LogP contribution in [-0.2, 0) is 24.1 Å². The first-order chi connectivity index (χ1) is 16.9. The Bertz CT molecular complexity index is 940. The van der Waals surface area contributed by atoms with E-state index in [2.05, 4.69) is 34.0 Å². The van der Waals surface area contributed by atoms with Crippen molar-refractivity contribution in [3.05, 3.63) is 51.7 Å². The molecule has 1 aliphatic rings. The predicted octanol–water partition coefficient (Wildman–Crippen LogP) is 6.69. The van der Waals surface area contributed by atoms with Crippen LogP contribution in [0.5, 0.6) is 0 Å². The van der Waals surface area contributed by atoms with Crippen LogP contribution in [0.3, 0.4) is 0 Å². The van der Waals surface area contributed by atoms with Gasteiger partial charge in [0.15, 0.2) is 0 Å². The van der Waals surface area contributed by atoms with E-state index in [0.29, 0.717) is 17.4 Å². The van der Waals surface area contributed by atoms with Crippen molar-refractivity contribution in [2.45, 2.75) is 84.5 Å². The van der Waals surface area contributed by atoms with Crippen molar-refractivity contribution in [1.29, 1.82) is 0 Å². The van der Waals surface area contributed by atoms with E-state index in [9.17, 15) is 8.78 Å². The molecule has 1 fully saturated rings. The fraction of sp³-hybridized carbons (Fsp3) is 0.630. The SMILES string of the molecule is CCCN(CCCCCCc1nc(Cl)nc(NCc2cccc(C(C)F)c2F)c1CC)C1COC1. The second-order valence-electron chi connectivity index (χ2n) is 9.30. The van der Waals surface area contributed by atoms with Gasteiger partial charge in [-0.25, -0.2) is 18.7 Å². The summed E-state index contributed by atoms with van der Waals surface area (Å²) < 4.78 is 33.7. The lowest BCUT2D eigenvalue weighted by molar-refractivity contribution is -0.0651. The number of alkyl halides is 1. The Morgan fingerprint density at radius 3 is 2.57 bits per heavy atom. The highest BCUT2D eigenvalue weighted by atomic mass is 35.5. The number of anilines is 1. The van der Waals surface area contributed by atoms with Crippen molar-refractivity contribution in [3.8, 4) is 0 Å². The minimum absolute atomic E-state index is 0.0697. The van der Waals surface area contributed by atoms with Gasteiger partial charge in [-0.3, -0.25) is 4.90 Å². The molecule has 194 valence electrons. The van der Waals surface area contributed by atoms with Gasteiger partial charge in [-0.15, -0.1) is 0 Å². The normalized spacial score (nSPS) is 14.8. The van der Waals surface area contributed by atoms with Crippen LogP contribution in [-0.4, -0.2) is 47.2 Å². The molecule has 0 saturated carbocycles. The number of aryl methyl sites for hydroxylation is 1. The lowest BCUT2D eigenvalue weighted by atomic mass is 10.0. The number of aromatic nitrogens is 2. The molecule has 1 N–H and O–H groups in total. The second-order valence-corrected chi connectivity index (χ2v) is 9.64. The summed E-state index contributed by atoms with van der Waals surface area (Å²) in [5.74, 6) is 0.106. The van der Waals surface area contributed by atoms with E-state index in [-0.39, 0.29) is 17.4 Å². The molecule has 5 nitrogen and oxygen atoms in total. The highest BCUT2D eigenvalue weighted by Gasteiger charge is 2.24. The fourth-order valence-electron chi connectivity index (χ4n) is 4.61. The van der Waals surface area contributed by atoms with Crippen molar-refractivity contribution in [3.63, 3.8) is 0 Å². The van der Waals surface area contributed by atoms with Crippen molar-refractivity contribution in [1.82, 2.24) is 14.9 Å². The molecule has 2 aromatic rings. The summed E-state index contributed by atoms with van der Waals surface area (Å²) in [6.45, 7) is 9.85. The van der Waals surface area contributed by atoms with Gasteiger partial charge in [0.1, 0.15) is 17.8 Å². The highest BCUT2D eigenvalue weighted by Crippen LogP contribution is 2.25. The van der Waals surface area contributed by atoms with Crippen LogP contribution < -0.4 is 5.32 Å². The average molecular weight is 509 g/mol. The summed E-state index contributed by atoms with van der Waals surface area (Å²) in [5.41, 5.74) is 2.42. The quantitative estimate of drug-likeness (QED) is 0.214. The molecule has 1 atom stereocenters. The smallest absolute Gasteiger partial charge is 0.224 e. The summed E-state index contributed by atoms with van der Waals surface area (Å²) in [7, 11) is 0. The molecule has 8 heteroatoms. The summed E-state index contributed by atoms with van der Waals surface area (Å²) >= 11 is 6.23. The second kappa shape index (κ2) is 14.0. The summed E-state index contributed by atoms with van der Waals surface area (Å²) in [4.78, 5) is 11.4. The van der Waals surface area contributed by atoms with Gasteiger partial charge in [-0.2, -0.15) is 0 Å². The zero-order chi connectivity index (χ0) is 25.2. The van der Waals surface area contributed by atoms with Crippen LogP contribution in [0.2, 0.25) is 5.28 Å². The van der Waals surface area contributed by atoms with Gasteiger partial charge in [-0.1, -0.05) is 44.9 Å². The van der Waals surface area contributed by atoms with E-state index in [4.69, 9.17) is 16.3 Å². The number of benzene rings is 1. The maximum absolute atomic E-state index is 14.6. The highest BCUT2D eigenvalue weighted by molar-refractivity contribution is 6.28. The van der Waals surface area contributed by atoms with Crippen LogP contribution >= 0.6 is 11.6 Å². The summed E-state index contributed by atoms with van der Waals surface area (Å²) in [5, 5.41) is 3.40. The predicted molar refractivity (Wildman–Crippen MR) is 138 cm³/mol. The molecule has 35 heavy (non-hydrogen) atoms. The number of nitrogens with one attached hydrogen (secondary N) is 1. The fourth-order valence-corrected chi connectivity index (χ4v) is 4.79. The lowest BCUT2D eigenvalue weighted by Gasteiger charge is -2.37. The third kappa shape index (κ3) is 7.83. The monoisotopic (exact) mass is 508 g/mol. The van der Waals surface area contributed by atoms with Crippen molar-refractivity contribution >= 4 is 17.4 Å². The molecule has 3 rings (SSSR count). The first-order valence-electron chi connectivity index (χ1n) is 13.0. The summed E-state index contributed by atoms with van der Waals surface area (Å²) in [6, 6.07) is 5.41. The first-order valence-corrected chi connectivity index (χ1v) is 13.3. The summed E-state index contributed by atoms with van der Waals surface area (Å²) in [6.07, 6.45) is 5.93. The Balaban J connectivity index is 1.53. The standard InChI is InChI=1S/C27H39ClF2N4O/c1-4-14-34(21-17-35-18-21)15-9-7-6-8-13-24-22(5-2)26(33-27(28)32-24)31-16-20-11-10-12-23(19(3)29)25(20)30/h10-12,19,21H,4-9,13-18H2,1-3H3,(H,31,32,33). The molecule has 1 unspecified atom stereocenters. The first kappa shape index (κ1) is 27.8. The van der Waals surface area contributed by atoms with Gasteiger partial charge in [-0.05, 0) is 63.7 Å². The van der Waals surface area contributed by atoms with Gasteiger partial charge in [0.2, 0.25) is 5.28 Å².